The van der Waals surface area contributed by atoms with Crippen molar-refractivity contribution in [2.45, 2.75) is 37.6 Å². The zero-order valence-corrected chi connectivity index (χ0v) is 13.6. The van der Waals surface area contributed by atoms with Crippen LogP contribution in [-0.2, 0) is 0 Å². The number of pyridine rings is 1. The fourth-order valence-electron chi connectivity index (χ4n) is 3.38. The second kappa shape index (κ2) is 8.23. The van der Waals surface area contributed by atoms with Gasteiger partial charge < -0.3 is 10.4 Å². The Kier molecular flexibility index (Phi) is 5.78. The molecule has 0 saturated heterocycles. The Morgan fingerprint density at radius 1 is 1.09 bits per heavy atom. The molecule has 0 radical (unpaired) electrons. The van der Waals surface area contributed by atoms with Gasteiger partial charge in [-0.25, -0.2) is 0 Å². The largest absolute Gasteiger partial charge is 0.396 e. The molecule has 1 heterocycles. The molecule has 2 N–H and O–H groups in total. The number of hydrogen-bond donors (Lipinski definition) is 2. The molecule has 1 aliphatic carbocycles. The summed E-state index contributed by atoms with van der Waals surface area (Å²) < 4.78 is 0. The van der Waals surface area contributed by atoms with E-state index >= 15 is 0 Å². The van der Waals surface area contributed by atoms with Gasteiger partial charge in [0.2, 0.25) is 0 Å². The highest BCUT2D eigenvalue weighted by Gasteiger charge is 2.29. The molecule has 1 aromatic heterocycles. The first-order valence-electron chi connectivity index (χ1n) is 8.68. The van der Waals surface area contributed by atoms with Crippen LogP contribution < -0.4 is 5.32 Å². The standard InChI is InChI=1S/C20H26N2O/c23-14-12-18(16-7-2-1-3-8-16)15-22-20(17-9-6-10-17)19-11-4-5-13-21-19/h1-5,7-8,11,13,17-18,20,22-23H,6,9-10,12,14-15H2/t18-,20-/m1/s1. The Morgan fingerprint density at radius 3 is 2.48 bits per heavy atom. The molecule has 3 nitrogen and oxygen atoms in total. The summed E-state index contributed by atoms with van der Waals surface area (Å²) in [5.41, 5.74) is 2.44. The molecular weight excluding hydrogens is 284 g/mol. The molecule has 1 aliphatic rings. The van der Waals surface area contributed by atoms with Crippen molar-refractivity contribution >= 4 is 0 Å². The molecule has 122 valence electrons. The summed E-state index contributed by atoms with van der Waals surface area (Å²) in [6.45, 7) is 1.10. The first kappa shape index (κ1) is 16.2. The van der Waals surface area contributed by atoms with Crippen LogP contribution in [-0.4, -0.2) is 23.2 Å². The van der Waals surface area contributed by atoms with Gasteiger partial charge in [-0.15, -0.1) is 0 Å². The Morgan fingerprint density at radius 2 is 1.87 bits per heavy atom. The minimum Gasteiger partial charge on any atom is -0.396 e. The molecule has 0 aliphatic heterocycles. The maximum absolute atomic E-state index is 9.41. The zero-order chi connectivity index (χ0) is 15.9. The molecule has 0 bridgehead atoms. The first-order valence-corrected chi connectivity index (χ1v) is 8.68. The molecule has 0 unspecified atom stereocenters. The smallest absolute Gasteiger partial charge is 0.0576 e. The van der Waals surface area contributed by atoms with Crippen LogP contribution in [0.5, 0.6) is 0 Å². The quantitative estimate of drug-likeness (QED) is 0.782. The summed E-state index contributed by atoms with van der Waals surface area (Å²) in [4.78, 5) is 4.57. The normalized spacial score (nSPS) is 17.4. The van der Waals surface area contributed by atoms with Gasteiger partial charge in [-0.05, 0) is 48.8 Å². The van der Waals surface area contributed by atoms with Crippen LogP contribution in [0, 0.1) is 5.92 Å². The van der Waals surface area contributed by atoms with E-state index < -0.39 is 0 Å². The monoisotopic (exact) mass is 310 g/mol. The van der Waals surface area contributed by atoms with E-state index in [1.54, 1.807) is 0 Å². The lowest BCUT2D eigenvalue weighted by molar-refractivity contribution is 0.219. The average Bonchev–Trinajstić information content (AvgIpc) is 2.57. The molecule has 2 aromatic rings. The number of benzene rings is 1. The summed E-state index contributed by atoms with van der Waals surface area (Å²) in [5.74, 6) is 1.03. The second-order valence-electron chi connectivity index (χ2n) is 6.45. The minimum atomic E-state index is 0.221. The summed E-state index contributed by atoms with van der Waals surface area (Å²) in [7, 11) is 0. The van der Waals surface area contributed by atoms with E-state index in [1.165, 1.54) is 24.8 Å². The van der Waals surface area contributed by atoms with Crippen LogP contribution in [0.2, 0.25) is 0 Å². The fraction of sp³-hybridized carbons (Fsp3) is 0.450. The number of nitrogens with one attached hydrogen (secondary N) is 1. The highest BCUT2D eigenvalue weighted by molar-refractivity contribution is 5.20. The molecule has 2 atom stereocenters. The van der Waals surface area contributed by atoms with E-state index in [-0.39, 0.29) is 6.61 Å². The van der Waals surface area contributed by atoms with Crippen molar-refractivity contribution in [3.8, 4) is 0 Å². The Bertz CT molecular complexity index is 569. The highest BCUT2D eigenvalue weighted by atomic mass is 16.3. The van der Waals surface area contributed by atoms with Gasteiger partial charge in [-0.3, -0.25) is 4.98 Å². The number of hydrogen-bond acceptors (Lipinski definition) is 3. The molecule has 23 heavy (non-hydrogen) atoms. The molecular formula is C20H26N2O. The molecule has 1 saturated carbocycles. The molecule has 3 rings (SSSR count). The number of rotatable bonds is 8. The predicted octanol–water partition coefficient (Wildman–Crippen LogP) is 3.68. The number of nitrogens with zero attached hydrogens (tertiary/aromatic N) is 1. The number of aromatic nitrogens is 1. The van der Waals surface area contributed by atoms with Crippen LogP contribution >= 0.6 is 0 Å². The molecule has 0 spiro atoms. The number of aliphatic hydroxyl groups is 1. The van der Waals surface area contributed by atoms with Gasteiger partial charge in [0, 0.05) is 19.3 Å². The van der Waals surface area contributed by atoms with E-state index in [9.17, 15) is 5.11 Å². The Labute approximate surface area is 138 Å². The Hall–Kier alpha value is -1.71. The Balaban J connectivity index is 1.69. The minimum absolute atomic E-state index is 0.221. The molecule has 3 heteroatoms. The maximum atomic E-state index is 9.41. The first-order chi connectivity index (χ1) is 11.4. The van der Waals surface area contributed by atoms with Crippen molar-refractivity contribution in [2.24, 2.45) is 5.92 Å². The summed E-state index contributed by atoms with van der Waals surface area (Å²) in [5, 5.41) is 13.2. The lowest BCUT2D eigenvalue weighted by atomic mass is 9.78. The molecule has 1 fully saturated rings. The second-order valence-corrected chi connectivity index (χ2v) is 6.45. The van der Waals surface area contributed by atoms with Crippen LogP contribution in [0.3, 0.4) is 0 Å². The van der Waals surface area contributed by atoms with Crippen molar-refractivity contribution in [1.82, 2.24) is 10.3 Å². The van der Waals surface area contributed by atoms with Gasteiger partial charge in [-0.1, -0.05) is 42.8 Å². The highest BCUT2D eigenvalue weighted by Crippen LogP contribution is 2.37. The average molecular weight is 310 g/mol. The number of aliphatic hydroxyl groups excluding tert-OH is 1. The third-order valence-electron chi connectivity index (χ3n) is 4.96. The van der Waals surface area contributed by atoms with Gasteiger partial charge in [0.1, 0.15) is 0 Å². The topological polar surface area (TPSA) is 45.1 Å². The molecule has 1 aromatic carbocycles. The van der Waals surface area contributed by atoms with Crippen molar-refractivity contribution in [1.29, 1.82) is 0 Å². The van der Waals surface area contributed by atoms with E-state index in [2.05, 4.69) is 46.7 Å². The van der Waals surface area contributed by atoms with Crippen LogP contribution in [0.15, 0.2) is 54.7 Å². The van der Waals surface area contributed by atoms with Crippen molar-refractivity contribution < 1.29 is 5.11 Å². The van der Waals surface area contributed by atoms with Gasteiger partial charge in [0.15, 0.2) is 0 Å². The maximum Gasteiger partial charge on any atom is 0.0576 e. The van der Waals surface area contributed by atoms with Crippen LogP contribution in [0.4, 0.5) is 0 Å². The van der Waals surface area contributed by atoms with Crippen molar-refractivity contribution in [3.05, 3.63) is 66.0 Å². The van der Waals surface area contributed by atoms with Gasteiger partial charge >= 0.3 is 0 Å². The fourth-order valence-corrected chi connectivity index (χ4v) is 3.38. The summed E-state index contributed by atoms with van der Waals surface area (Å²) in [6, 6.07) is 17.0. The predicted molar refractivity (Wildman–Crippen MR) is 93.2 cm³/mol. The zero-order valence-electron chi connectivity index (χ0n) is 13.6. The van der Waals surface area contributed by atoms with Crippen LogP contribution in [0.25, 0.3) is 0 Å². The van der Waals surface area contributed by atoms with E-state index in [0.717, 1.165) is 18.7 Å². The SMILES string of the molecule is OCC[C@H](CN[C@@H](c1ccccn1)C1CCC1)c1ccccc1. The lowest BCUT2D eigenvalue weighted by Crippen LogP contribution is -2.35. The van der Waals surface area contributed by atoms with E-state index in [4.69, 9.17) is 0 Å². The third kappa shape index (κ3) is 4.18. The van der Waals surface area contributed by atoms with Gasteiger partial charge in [0.25, 0.3) is 0 Å². The van der Waals surface area contributed by atoms with E-state index in [0.29, 0.717) is 17.9 Å². The lowest BCUT2D eigenvalue weighted by Gasteiger charge is -2.35. The van der Waals surface area contributed by atoms with Gasteiger partial charge in [0.05, 0.1) is 11.7 Å². The molecule has 0 amide bonds. The van der Waals surface area contributed by atoms with Gasteiger partial charge in [-0.2, -0.15) is 0 Å². The van der Waals surface area contributed by atoms with Crippen molar-refractivity contribution in [3.63, 3.8) is 0 Å². The third-order valence-corrected chi connectivity index (χ3v) is 4.96. The van der Waals surface area contributed by atoms with E-state index in [1.807, 2.05) is 18.3 Å². The van der Waals surface area contributed by atoms with Crippen LogP contribution in [0.1, 0.15) is 48.9 Å². The summed E-state index contributed by atoms with van der Waals surface area (Å²) >= 11 is 0. The van der Waals surface area contributed by atoms with Crippen molar-refractivity contribution in [2.75, 3.05) is 13.2 Å². The summed E-state index contributed by atoms with van der Waals surface area (Å²) in [6.07, 6.45) is 6.56.